The molecule has 2 rings (SSSR count). The molecule has 0 aliphatic carbocycles. The molecule has 0 unspecified atom stereocenters. The van der Waals surface area contributed by atoms with Gasteiger partial charge in [0.2, 0.25) is 0 Å². The van der Waals surface area contributed by atoms with Gasteiger partial charge >= 0.3 is 0 Å². The zero-order chi connectivity index (χ0) is 11.5. The molecule has 0 amide bonds. The molecule has 0 atom stereocenters. The number of hydrogen-bond donors (Lipinski definition) is 1. The highest BCUT2D eigenvalue weighted by molar-refractivity contribution is 9.10. The summed E-state index contributed by atoms with van der Waals surface area (Å²) in [4.78, 5) is 21.8. The van der Waals surface area contributed by atoms with Crippen LogP contribution in [0.1, 0.15) is 0 Å². The molecular formula is C9H5BrClN3OS. The van der Waals surface area contributed by atoms with Crippen LogP contribution < -0.4 is 5.56 Å². The quantitative estimate of drug-likeness (QED) is 0.865. The molecule has 0 radical (unpaired) electrons. The minimum Gasteiger partial charge on any atom is -0.301 e. The molecule has 2 heterocycles. The Bertz CT molecular complexity index is 575. The van der Waals surface area contributed by atoms with E-state index in [1.807, 2.05) is 0 Å². The Labute approximate surface area is 109 Å². The number of aromatic nitrogens is 3. The van der Waals surface area contributed by atoms with Gasteiger partial charge in [-0.15, -0.1) is 0 Å². The molecule has 82 valence electrons. The summed E-state index contributed by atoms with van der Waals surface area (Å²) in [7, 11) is 0. The van der Waals surface area contributed by atoms with E-state index in [0.717, 1.165) is 4.47 Å². The van der Waals surface area contributed by atoms with Gasteiger partial charge in [-0.05, 0) is 33.8 Å². The second kappa shape index (κ2) is 4.99. The molecule has 7 heteroatoms. The number of aromatic amines is 1. The molecule has 0 saturated carbocycles. The van der Waals surface area contributed by atoms with Crippen molar-refractivity contribution >= 4 is 39.3 Å². The monoisotopic (exact) mass is 317 g/mol. The average Bonchev–Trinajstić information content (AvgIpc) is 2.22. The van der Waals surface area contributed by atoms with E-state index < -0.39 is 0 Å². The smallest absolute Gasteiger partial charge is 0.251 e. The summed E-state index contributed by atoms with van der Waals surface area (Å²) in [6.07, 6.45) is 2.99. The van der Waals surface area contributed by atoms with E-state index in [2.05, 4.69) is 30.9 Å². The largest absolute Gasteiger partial charge is 0.301 e. The molecule has 2 aromatic rings. The lowest BCUT2D eigenvalue weighted by molar-refractivity contribution is 0.930. The maximum atomic E-state index is 11.1. The molecular weight excluding hydrogens is 314 g/mol. The lowest BCUT2D eigenvalue weighted by Crippen LogP contribution is -2.05. The standard InChI is InChI=1S/C9H5BrClN3OS/c10-6-3-5(11)4-13-8(6)16-9-12-2-1-7(15)14-9/h1-4H,(H,12,14,15). The van der Waals surface area contributed by atoms with E-state index in [-0.39, 0.29) is 5.56 Å². The number of pyridine rings is 1. The van der Waals surface area contributed by atoms with Crippen molar-refractivity contribution in [3.05, 3.63) is 44.4 Å². The number of H-pyrrole nitrogens is 1. The normalized spacial score (nSPS) is 10.4. The third kappa shape index (κ3) is 2.84. The summed E-state index contributed by atoms with van der Waals surface area (Å²) in [5.41, 5.74) is -0.192. The molecule has 0 spiro atoms. The number of rotatable bonds is 2. The fraction of sp³-hybridized carbons (Fsp3) is 0. The first-order valence-electron chi connectivity index (χ1n) is 4.19. The Morgan fingerprint density at radius 2 is 2.25 bits per heavy atom. The Morgan fingerprint density at radius 1 is 1.44 bits per heavy atom. The fourth-order valence-electron chi connectivity index (χ4n) is 0.973. The van der Waals surface area contributed by atoms with Crippen LogP contribution >= 0.6 is 39.3 Å². The van der Waals surface area contributed by atoms with Gasteiger partial charge in [-0.3, -0.25) is 4.79 Å². The first-order valence-corrected chi connectivity index (χ1v) is 6.18. The Balaban J connectivity index is 2.30. The van der Waals surface area contributed by atoms with Gasteiger partial charge in [-0.2, -0.15) is 0 Å². The number of nitrogens with zero attached hydrogens (tertiary/aromatic N) is 2. The van der Waals surface area contributed by atoms with Gasteiger partial charge in [0.25, 0.3) is 5.56 Å². The van der Waals surface area contributed by atoms with Crippen LogP contribution in [0, 0.1) is 0 Å². The van der Waals surface area contributed by atoms with Crippen molar-refractivity contribution < 1.29 is 0 Å². The van der Waals surface area contributed by atoms with Crippen LogP contribution in [-0.2, 0) is 0 Å². The van der Waals surface area contributed by atoms with Gasteiger partial charge in [-0.1, -0.05) is 11.6 Å². The molecule has 16 heavy (non-hydrogen) atoms. The Morgan fingerprint density at radius 3 is 2.94 bits per heavy atom. The predicted molar refractivity (Wildman–Crippen MR) is 65.9 cm³/mol. The highest BCUT2D eigenvalue weighted by Crippen LogP contribution is 2.30. The maximum Gasteiger partial charge on any atom is 0.251 e. The average molecular weight is 319 g/mol. The molecule has 0 fully saturated rings. The lowest BCUT2D eigenvalue weighted by atomic mass is 10.5. The van der Waals surface area contributed by atoms with Crippen molar-refractivity contribution in [2.45, 2.75) is 10.2 Å². The SMILES string of the molecule is O=c1ccnc(Sc2ncc(Cl)cc2Br)[nH]1. The zero-order valence-electron chi connectivity index (χ0n) is 7.78. The number of hydrogen-bond acceptors (Lipinski definition) is 4. The van der Waals surface area contributed by atoms with E-state index in [1.165, 1.54) is 30.2 Å². The van der Waals surface area contributed by atoms with E-state index in [0.29, 0.717) is 15.2 Å². The Hall–Kier alpha value is -0.850. The number of nitrogens with one attached hydrogen (secondary N) is 1. The van der Waals surface area contributed by atoms with Crippen LogP contribution in [-0.4, -0.2) is 15.0 Å². The minimum absolute atomic E-state index is 0.192. The second-order valence-electron chi connectivity index (χ2n) is 2.78. The summed E-state index contributed by atoms with van der Waals surface area (Å²) in [6.45, 7) is 0. The first kappa shape index (κ1) is 11.6. The van der Waals surface area contributed by atoms with Crippen molar-refractivity contribution in [2.75, 3.05) is 0 Å². The van der Waals surface area contributed by atoms with Crippen LogP contribution in [0.2, 0.25) is 5.02 Å². The summed E-state index contributed by atoms with van der Waals surface area (Å²) >= 11 is 10.4. The third-order valence-electron chi connectivity index (χ3n) is 1.62. The fourth-order valence-corrected chi connectivity index (χ4v) is 2.56. The highest BCUT2D eigenvalue weighted by atomic mass is 79.9. The second-order valence-corrected chi connectivity index (χ2v) is 5.05. The third-order valence-corrected chi connectivity index (χ3v) is 3.61. The molecule has 1 N–H and O–H groups in total. The van der Waals surface area contributed by atoms with Crippen molar-refractivity contribution in [1.29, 1.82) is 0 Å². The number of halogens is 2. The highest BCUT2D eigenvalue weighted by Gasteiger charge is 2.06. The van der Waals surface area contributed by atoms with Gasteiger partial charge in [0.15, 0.2) is 5.16 Å². The van der Waals surface area contributed by atoms with Gasteiger partial charge in [0.1, 0.15) is 5.03 Å². The zero-order valence-corrected chi connectivity index (χ0v) is 10.9. The van der Waals surface area contributed by atoms with Gasteiger partial charge in [0.05, 0.1) is 9.50 Å². The van der Waals surface area contributed by atoms with Crippen LogP contribution in [0.25, 0.3) is 0 Å². The summed E-state index contributed by atoms with van der Waals surface area (Å²) in [5, 5.41) is 1.73. The van der Waals surface area contributed by atoms with Crippen LogP contribution in [0.15, 0.2) is 44.0 Å². The van der Waals surface area contributed by atoms with Crippen LogP contribution in [0.4, 0.5) is 0 Å². The topological polar surface area (TPSA) is 58.6 Å². The minimum atomic E-state index is -0.192. The molecule has 0 aliphatic heterocycles. The predicted octanol–water partition coefficient (Wildman–Crippen LogP) is 2.73. The van der Waals surface area contributed by atoms with Crippen LogP contribution in [0.3, 0.4) is 0 Å². The molecule has 0 bridgehead atoms. The summed E-state index contributed by atoms with van der Waals surface area (Å²) in [6, 6.07) is 3.09. The summed E-state index contributed by atoms with van der Waals surface area (Å²) in [5.74, 6) is 0. The van der Waals surface area contributed by atoms with Crippen molar-refractivity contribution in [3.63, 3.8) is 0 Å². The maximum absolute atomic E-state index is 11.1. The van der Waals surface area contributed by atoms with E-state index >= 15 is 0 Å². The van der Waals surface area contributed by atoms with Gasteiger partial charge in [0, 0.05) is 18.5 Å². The van der Waals surface area contributed by atoms with E-state index in [1.54, 1.807) is 6.07 Å². The summed E-state index contributed by atoms with van der Waals surface area (Å²) < 4.78 is 0.761. The van der Waals surface area contributed by atoms with Crippen molar-refractivity contribution in [2.24, 2.45) is 0 Å². The van der Waals surface area contributed by atoms with E-state index in [4.69, 9.17) is 11.6 Å². The lowest BCUT2D eigenvalue weighted by Gasteiger charge is -2.02. The first-order chi connectivity index (χ1) is 7.65. The molecule has 2 aromatic heterocycles. The van der Waals surface area contributed by atoms with Gasteiger partial charge < -0.3 is 4.98 Å². The van der Waals surface area contributed by atoms with Gasteiger partial charge in [-0.25, -0.2) is 9.97 Å². The molecule has 0 saturated heterocycles. The van der Waals surface area contributed by atoms with Crippen molar-refractivity contribution in [3.8, 4) is 0 Å². The molecule has 0 aromatic carbocycles. The molecule has 4 nitrogen and oxygen atoms in total. The Kier molecular flexibility index (Phi) is 3.63. The van der Waals surface area contributed by atoms with Crippen molar-refractivity contribution in [1.82, 2.24) is 15.0 Å². The van der Waals surface area contributed by atoms with E-state index in [9.17, 15) is 4.79 Å². The molecule has 0 aliphatic rings. The van der Waals surface area contributed by atoms with Crippen LogP contribution in [0.5, 0.6) is 0 Å².